The topological polar surface area (TPSA) is 50.8 Å². The molecule has 1 N–H and O–H groups in total. The van der Waals surface area contributed by atoms with Crippen molar-refractivity contribution in [3.05, 3.63) is 0 Å². The summed E-state index contributed by atoms with van der Waals surface area (Å²) in [6.45, 7) is 18.1. The summed E-state index contributed by atoms with van der Waals surface area (Å²) < 4.78 is 11.6. The first-order chi connectivity index (χ1) is 11.8. The van der Waals surface area contributed by atoms with Crippen molar-refractivity contribution in [1.82, 2.24) is 10.2 Å². The summed E-state index contributed by atoms with van der Waals surface area (Å²) >= 11 is 0. The molecule has 1 heterocycles. The Balaban J connectivity index is 2.62. The third kappa shape index (κ3) is 6.21. The SMILES string of the molecule is CCCCC1(C)NC(C)(C)N(CCC(C)(C)OCCC(C)(C)OC)C1=O. The quantitative estimate of drug-likeness (QED) is 0.595. The van der Waals surface area contributed by atoms with E-state index in [2.05, 4.69) is 53.8 Å². The first-order valence-electron chi connectivity index (χ1n) is 10.1. The lowest BCUT2D eigenvalue weighted by atomic mass is 9.95. The van der Waals surface area contributed by atoms with E-state index in [0.717, 1.165) is 32.1 Å². The number of nitrogens with one attached hydrogen (secondary N) is 1. The van der Waals surface area contributed by atoms with Gasteiger partial charge >= 0.3 is 0 Å². The predicted octanol–water partition coefficient (Wildman–Crippen LogP) is 4.10. The van der Waals surface area contributed by atoms with Crippen molar-refractivity contribution in [2.75, 3.05) is 20.3 Å². The number of rotatable bonds is 11. The maximum Gasteiger partial charge on any atom is 0.244 e. The molecule has 154 valence electrons. The van der Waals surface area contributed by atoms with Crippen LogP contribution in [0.3, 0.4) is 0 Å². The lowest BCUT2D eigenvalue weighted by Gasteiger charge is -2.35. The first kappa shape index (κ1) is 23.4. The standard InChI is InChI=1S/C21H42N2O3/c1-10-11-12-21(8)17(24)23(20(6,7)22-21)15-13-19(4,5)26-16-14-18(2,3)25-9/h22H,10-16H2,1-9H3. The molecule has 0 saturated carbocycles. The minimum absolute atomic E-state index is 0.173. The lowest BCUT2D eigenvalue weighted by Crippen LogP contribution is -2.50. The fourth-order valence-corrected chi connectivity index (χ4v) is 3.56. The smallest absolute Gasteiger partial charge is 0.244 e. The van der Waals surface area contributed by atoms with Crippen molar-refractivity contribution in [3.63, 3.8) is 0 Å². The predicted molar refractivity (Wildman–Crippen MR) is 107 cm³/mol. The second-order valence-electron chi connectivity index (χ2n) is 9.65. The molecule has 0 bridgehead atoms. The molecular weight excluding hydrogens is 328 g/mol. The summed E-state index contributed by atoms with van der Waals surface area (Å²) in [6, 6.07) is 0. The van der Waals surface area contributed by atoms with Crippen LogP contribution in [0.15, 0.2) is 0 Å². The van der Waals surface area contributed by atoms with Gasteiger partial charge in [-0.2, -0.15) is 0 Å². The van der Waals surface area contributed by atoms with E-state index in [1.165, 1.54) is 0 Å². The molecule has 0 aromatic carbocycles. The van der Waals surface area contributed by atoms with E-state index in [0.29, 0.717) is 13.2 Å². The van der Waals surface area contributed by atoms with Crippen molar-refractivity contribution in [2.24, 2.45) is 0 Å². The number of nitrogens with zero attached hydrogens (tertiary/aromatic N) is 1. The van der Waals surface area contributed by atoms with Gasteiger partial charge < -0.3 is 14.4 Å². The molecule has 1 saturated heterocycles. The summed E-state index contributed by atoms with van der Waals surface area (Å²) in [5, 5.41) is 3.57. The normalized spacial score (nSPS) is 23.7. The van der Waals surface area contributed by atoms with Gasteiger partial charge in [-0.1, -0.05) is 19.8 Å². The fourth-order valence-electron chi connectivity index (χ4n) is 3.56. The van der Waals surface area contributed by atoms with Gasteiger partial charge in [-0.05, 0) is 67.7 Å². The maximum atomic E-state index is 13.1. The Hall–Kier alpha value is -0.650. The second-order valence-corrected chi connectivity index (χ2v) is 9.65. The number of carbonyl (C=O) groups is 1. The Bertz CT molecular complexity index is 474. The van der Waals surface area contributed by atoms with E-state index < -0.39 is 5.54 Å². The van der Waals surface area contributed by atoms with E-state index in [9.17, 15) is 4.79 Å². The molecule has 0 radical (unpaired) electrons. The van der Waals surface area contributed by atoms with Crippen LogP contribution in [0.4, 0.5) is 0 Å². The number of ether oxygens (including phenoxy) is 2. The molecule has 0 aliphatic carbocycles. The third-order valence-corrected chi connectivity index (χ3v) is 5.69. The van der Waals surface area contributed by atoms with Crippen LogP contribution < -0.4 is 5.32 Å². The van der Waals surface area contributed by atoms with Gasteiger partial charge in [0.15, 0.2) is 0 Å². The molecule has 1 aliphatic heterocycles. The molecule has 1 amide bonds. The highest BCUT2D eigenvalue weighted by Crippen LogP contribution is 2.32. The van der Waals surface area contributed by atoms with Gasteiger partial charge in [0.25, 0.3) is 0 Å². The monoisotopic (exact) mass is 370 g/mol. The Morgan fingerprint density at radius 3 is 2.23 bits per heavy atom. The molecule has 0 spiro atoms. The molecule has 1 rings (SSSR count). The Labute approximate surface area is 161 Å². The highest BCUT2D eigenvalue weighted by atomic mass is 16.5. The number of methoxy groups -OCH3 is 1. The van der Waals surface area contributed by atoms with Gasteiger partial charge in [0.2, 0.25) is 5.91 Å². The Kier molecular flexibility index (Phi) is 7.71. The van der Waals surface area contributed by atoms with E-state index >= 15 is 0 Å². The van der Waals surface area contributed by atoms with Crippen molar-refractivity contribution in [1.29, 1.82) is 0 Å². The van der Waals surface area contributed by atoms with Crippen molar-refractivity contribution >= 4 is 5.91 Å². The number of unbranched alkanes of at least 4 members (excludes halogenated alkanes) is 1. The molecular formula is C21H42N2O3. The number of carbonyl (C=O) groups excluding carboxylic acids is 1. The van der Waals surface area contributed by atoms with Gasteiger partial charge in [0.1, 0.15) is 0 Å². The zero-order valence-electron chi connectivity index (χ0n) is 18.6. The minimum Gasteiger partial charge on any atom is -0.379 e. The average Bonchev–Trinajstić information content (AvgIpc) is 2.68. The van der Waals surface area contributed by atoms with Gasteiger partial charge in [-0.25, -0.2) is 0 Å². The van der Waals surface area contributed by atoms with E-state index in [1.807, 2.05) is 11.8 Å². The Morgan fingerprint density at radius 2 is 1.69 bits per heavy atom. The van der Waals surface area contributed by atoms with Gasteiger partial charge in [-0.3, -0.25) is 10.1 Å². The van der Waals surface area contributed by atoms with Crippen LogP contribution >= 0.6 is 0 Å². The molecule has 5 heteroatoms. The molecule has 1 atom stereocenters. The molecule has 1 aliphatic rings. The van der Waals surface area contributed by atoms with E-state index in [1.54, 1.807) is 7.11 Å². The van der Waals surface area contributed by atoms with Crippen LogP contribution in [0.1, 0.15) is 87.5 Å². The van der Waals surface area contributed by atoms with Crippen LogP contribution in [0.2, 0.25) is 0 Å². The summed E-state index contributed by atoms with van der Waals surface area (Å²) in [4.78, 5) is 15.0. The van der Waals surface area contributed by atoms with Crippen LogP contribution in [0.25, 0.3) is 0 Å². The van der Waals surface area contributed by atoms with Gasteiger partial charge in [0.05, 0.1) is 29.0 Å². The first-order valence-corrected chi connectivity index (χ1v) is 10.1. The summed E-state index contributed by atoms with van der Waals surface area (Å²) in [5.41, 5.74) is -1.22. The molecule has 26 heavy (non-hydrogen) atoms. The third-order valence-electron chi connectivity index (χ3n) is 5.69. The zero-order valence-corrected chi connectivity index (χ0v) is 18.6. The number of amides is 1. The summed E-state index contributed by atoms with van der Waals surface area (Å²) in [7, 11) is 1.73. The summed E-state index contributed by atoms with van der Waals surface area (Å²) in [6.07, 6.45) is 4.69. The zero-order chi connectivity index (χ0) is 20.2. The van der Waals surface area contributed by atoms with Gasteiger partial charge in [0, 0.05) is 13.7 Å². The maximum absolute atomic E-state index is 13.1. The lowest BCUT2D eigenvalue weighted by molar-refractivity contribution is -0.135. The molecule has 1 fully saturated rings. The molecule has 1 unspecified atom stereocenters. The van der Waals surface area contributed by atoms with Crippen molar-refractivity contribution in [3.8, 4) is 0 Å². The number of hydrogen-bond acceptors (Lipinski definition) is 4. The highest BCUT2D eigenvalue weighted by molar-refractivity contribution is 5.89. The van der Waals surface area contributed by atoms with E-state index in [4.69, 9.17) is 9.47 Å². The van der Waals surface area contributed by atoms with Gasteiger partial charge in [-0.15, -0.1) is 0 Å². The highest BCUT2D eigenvalue weighted by Gasteiger charge is 2.51. The minimum atomic E-state index is -0.451. The summed E-state index contributed by atoms with van der Waals surface area (Å²) in [5.74, 6) is 0.215. The van der Waals surface area contributed by atoms with Crippen molar-refractivity contribution < 1.29 is 14.3 Å². The van der Waals surface area contributed by atoms with Crippen LogP contribution in [0, 0.1) is 0 Å². The Morgan fingerprint density at radius 1 is 1.08 bits per heavy atom. The number of hydrogen-bond donors (Lipinski definition) is 1. The largest absolute Gasteiger partial charge is 0.379 e. The molecule has 0 aromatic heterocycles. The molecule has 5 nitrogen and oxygen atoms in total. The van der Waals surface area contributed by atoms with Crippen LogP contribution in [0.5, 0.6) is 0 Å². The van der Waals surface area contributed by atoms with Crippen LogP contribution in [-0.4, -0.2) is 53.5 Å². The van der Waals surface area contributed by atoms with Crippen molar-refractivity contribution in [2.45, 2.75) is 110 Å². The second kappa shape index (κ2) is 8.57. The van der Waals surface area contributed by atoms with E-state index in [-0.39, 0.29) is 22.8 Å². The molecule has 0 aromatic rings. The average molecular weight is 371 g/mol. The fraction of sp³-hybridized carbons (Fsp3) is 0.952. The van der Waals surface area contributed by atoms with Crippen LogP contribution in [-0.2, 0) is 14.3 Å².